The van der Waals surface area contributed by atoms with Crippen LogP contribution in [0, 0.1) is 6.92 Å². The standard InChI is InChI=1S/C13H18N2/c1-9-3-4-12-10(7-9)11-8-15(2)6-5-13(11)14-12/h3-4,7,11,13-14H,5-6,8H2,1-2H3/p+1/t11-,13-/m1/s1. The minimum Gasteiger partial charge on any atom is -0.381 e. The third-order valence-electron chi connectivity index (χ3n) is 3.88. The number of likely N-dealkylation sites (tertiary alicyclic amines) is 1. The zero-order valence-corrected chi connectivity index (χ0v) is 9.51. The van der Waals surface area contributed by atoms with Crippen molar-refractivity contribution < 1.29 is 4.90 Å². The van der Waals surface area contributed by atoms with Crippen molar-refractivity contribution in [1.29, 1.82) is 0 Å². The summed E-state index contributed by atoms with van der Waals surface area (Å²) in [4.78, 5) is 1.67. The average molecular weight is 203 g/mol. The van der Waals surface area contributed by atoms with Crippen LogP contribution in [0.4, 0.5) is 5.69 Å². The number of likely N-dealkylation sites (N-methyl/N-ethyl adjacent to an activating group) is 1. The second-order valence-corrected chi connectivity index (χ2v) is 5.15. The Bertz CT molecular complexity index is 386. The van der Waals surface area contributed by atoms with E-state index in [9.17, 15) is 0 Å². The van der Waals surface area contributed by atoms with E-state index in [4.69, 9.17) is 0 Å². The Labute approximate surface area is 91.3 Å². The first kappa shape index (κ1) is 9.22. The Morgan fingerprint density at radius 2 is 2.27 bits per heavy atom. The summed E-state index contributed by atoms with van der Waals surface area (Å²) in [5.41, 5.74) is 4.32. The van der Waals surface area contributed by atoms with Gasteiger partial charge in [-0.2, -0.15) is 0 Å². The molecule has 1 fully saturated rings. The van der Waals surface area contributed by atoms with E-state index in [1.807, 2.05) is 0 Å². The summed E-state index contributed by atoms with van der Waals surface area (Å²) in [5.74, 6) is 0.744. The second kappa shape index (κ2) is 3.24. The molecule has 0 saturated carbocycles. The summed E-state index contributed by atoms with van der Waals surface area (Å²) in [6.45, 7) is 4.78. The Balaban J connectivity index is 1.98. The van der Waals surface area contributed by atoms with Crippen LogP contribution in [0.15, 0.2) is 18.2 Å². The fraction of sp³-hybridized carbons (Fsp3) is 0.538. The van der Waals surface area contributed by atoms with Gasteiger partial charge in [-0.15, -0.1) is 0 Å². The Morgan fingerprint density at radius 1 is 1.40 bits per heavy atom. The van der Waals surface area contributed by atoms with Crippen LogP contribution < -0.4 is 10.2 Å². The molecule has 2 heterocycles. The van der Waals surface area contributed by atoms with Crippen molar-refractivity contribution >= 4 is 5.69 Å². The molecule has 1 saturated heterocycles. The number of anilines is 1. The zero-order chi connectivity index (χ0) is 10.4. The minimum atomic E-state index is 0.700. The summed E-state index contributed by atoms with van der Waals surface area (Å²) in [7, 11) is 2.31. The van der Waals surface area contributed by atoms with Gasteiger partial charge < -0.3 is 10.2 Å². The van der Waals surface area contributed by atoms with Gasteiger partial charge in [-0.3, -0.25) is 0 Å². The van der Waals surface area contributed by atoms with Crippen LogP contribution in [-0.4, -0.2) is 26.2 Å². The summed E-state index contributed by atoms with van der Waals surface area (Å²) in [5, 5.41) is 3.67. The Hall–Kier alpha value is -1.02. The molecule has 0 aliphatic carbocycles. The number of aryl methyl sites for hydroxylation is 1. The molecule has 2 heteroatoms. The van der Waals surface area contributed by atoms with Gasteiger partial charge in [-0.25, -0.2) is 0 Å². The summed E-state index contributed by atoms with van der Waals surface area (Å²) in [6.07, 6.45) is 1.31. The van der Waals surface area contributed by atoms with Crippen molar-refractivity contribution in [3.05, 3.63) is 29.3 Å². The normalized spacial score (nSPS) is 33.1. The molecule has 3 rings (SSSR count). The van der Waals surface area contributed by atoms with Crippen molar-refractivity contribution in [3.63, 3.8) is 0 Å². The predicted molar refractivity (Wildman–Crippen MR) is 62.6 cm³/mol. The molecule has 1 unspecified atom stereocenters. The van der Waals surface area contributed by atoms with Crippen molar-refractivity contribution in [1.82, 2.24) is 0 Å². The van der Waals surface area contributed by atoms with Gasteiger partial charge in [0.05, 0.1) is 26.1 Å². The number of nitrogens with one attached hydrogen (secondary N) is 2. The van der Waals surface area contributed by atoms with Gasteiger partial charge in [0.2, 0.25) is 0 Å². The number of fused-ring (bicyclic) bond motifs is 3. The highest BCUT2D eigenvalue weighted by Gasteiger charge is 2.37. The molecule has 15 heavy (non-hydrogen) atoms. The number of hydrogen-bond acceptors (Lipinski definition) is 1. The van der Waals surface area contributed by atoms with Crippen LogP contribution in [0.1, 0.15) is 23.5 Å². The number of quaternary nitrogens is 1. The van der Waals surface area contributed by atoms with E-state index in [0.29, 0.717) is 6.04 Å². The van der Waals surface area contributed by atoms with Crippen molar-refractivity contribution in [3.8, 4) is 0 Å². The fourth-order valence-electron chi connectivity index (χ4n) is 3.04. The van der Waals surface area contributed by atoms with Crippen molar-refractivity contribution in [2.75, 3.05) is 25.5 Å². The second-order valence-electron chi connectivity index (χ2n) is 5.15. The average Bonchev–Trinajstić information content (AvgIpc) is 2.56. The van der Waals surface area contributed by atoms with Gasteiger partial charge in [0.25, 0.3) is 0 Å². The van der Waals surface area contributed by atoms with Crippen molar-refractivity contribution in [2.45, 2.75) is 25.3 Å². The Kier molecular flexibility index (Phi) is 1.99. The van der Waals surface area contributed by atoms with Crippen molar-refractivity contribution in [2.24, 2.45) is 0 Å². The lowest BCUT2D eigenvalue weighted by Gasteiger charge is -2.29. The number of hydrogen-bond donors (Lipinski definition) is 2. The lowest BCUT2D eigenvalue weighted by Crippen LogP contribution is -3.11. The smallest absolute Gasteiger partial charge is 0.0859 e. The number of piperidine rings is 1. The molecule has 2 nitrogen and oxygen atoms in total. The lowest BCUT2D eigenvalue weighted by molar-refractivity contribution is -0.886. The first-order chi connectivity index (χ1) is 7.24. The lowest BCUT2D eigenvalue weighted by atomic mass is 9.89. The topological polar surface area (TPSA) is 16.5 Å². The summed E-state index contributed by atoms with van der Waals surface area (Å²) in [6, 6.07) is 7.52. The van der Waals surface area contributed by atoms with Gasteiger partial charge in [0.1, 0.15) is 0 Å². The largest absolute Gasteiger partial charge is 0.381 e. The summed E-state index contributed by atoms with van der Waals surface area (Å²) >= 11 is 0. The van der Waals surface area contributed by atoms with E-state index in [1.165, 1.54) is 30.8 Å². The SMILES string of the molecule is Cc1ccc2c(c1)[C@H]1C[NH+](C)CC[C@H]1N2. The molecule has 3 atom stereocenters. The highest BCUT2D eigenvalue weighted by Crippen LogP contribution is 2.37. The van der Waals surface area contributed by atoms with E-state index in [-0.39, 0.29) is 0 Å². The van der Waals surface area contributed by atoms with Crippen LogP contribution in [0.2, 0.25) is 0 Å². The minimum absolute atomic E-state index is 0.700. The highest BCUT2D eigenvalue weighted by molar-refractivity contribution is 5.60. The highest BCUT2D eigenvalue weighted by atomic mass is 15.1. The number of rotatable bonds is 0. The molecule has 1 aromatic carbocycles. The van der Waals surface area contributed by atoms with Gasteiger partial charge in [-0.1, -0.05) is 17.7 Å². The summed E-state index contributed by atoms with van der Waals surface area (Å²) < 4.78 is 0. The van der Waals surface area contributed by atoms with E-state index in [1.54, 1.807) is 10.5 Å². The molecule has 80 valence electrons. The van der Waals surface area contributed by atoms with Crippen LogP contribution in [0.25, 0.3) is 0 Å². The van der Waals surface area contributed by atoms with E-state index < -0.39 is 0 Å². The molecule has 2 aliphatic heterocycles. The number of benzene rings is 1. The molecule has 0 radical (unpaired) electrons. The van der Waals surface area contributed by atoms with E-state index in [2.05, 4.69) is 37.5 Å². The predicted octanol–water partition coefficient (Wildman–Crippen LogP) is 0.791. The molecule has 0 aromatic heterocycles. The van der Waals surface area contributed by atoms with Gasteiger partial charge in [0, 0.05) is 18.2 Å². The first-order valence-corrected chi connectivity index (χ1v) is 5.92. The molecule has 2 aliphatic rings. The molecule has 1 aromatic rings. The molecule has 0 amide bonds. The van der Waals surface area contributed by atoms with Gasteiger partial charge >= 0.3 is 0 Å². The third kappa shape index (κ3) is 1.44. The monoisotopic (exact) mass is 203 g/mol. The molecular formula is C13H19N2+. The third-order valence-corrected chi connectivity index (χ3v) is 3.88. The van der Waals surface area contributed by atoms with E-state index >= 15 is 0 Å². The maximum Gasteiger partial charge on any atom is 0.0859 e. The van der Waals surface area contributed by atoms with Crippen LogP contribution in [0.3, 0.4) is 0 Å². The molecule has 0 spiro atoms. The molecule has 2 N–H and O–H groups in total. The Morgan fingerprint density at radius 3 is 3.13 bits per heavy atom. The quantitative estimate of drug-likeness (QED) is 0.637. The molecule has 0 bridgehead atoms. The molecular weight excluding hydrogens is 184 g/mol. The maximum absolute atomic E-state index is 3.67. The zero-order valence-electron chi connectivity index (χ0n) is 9.51. The first-order valence-electron chi connectivity index (χ1n) is 5.92. The van der Waals surface area contributed by atoms with E-state index in [0.717, 1.165) is 5.92 Å². The van der Waals surface area contributed by atoms with Crippen LogP contribution >= 0.6 is 0 Å². The van der Waals surface area contributed by atoms with Crippen LogP contribution in [0.5, 0.6) is 0 Å². The maximum atomic E-state index is 3.67. The fourth-order valence-corrected chi connectivity index (χ4v) is 3.04. The van der Waals surface area contributed by atoms with Crippen LogP contribution in [-0.2, 0) is 0 Å². The van der Waals surface area contributed by atoms with Gasteiger partial charge in [0.15, 0.2) is 0 Å². The van der Waals surface area contributed by atoms with Gasteiger partial charge in [-0.05, 0) is 18.6 Å².